The number of carbonyl (C=O) groups excluding carboxylic acids is 1. The molecular weight excluding hydrogens is 411 g/mol. The highest BCUT2D eigenvalue weighted by atomic mass is 19.1. The minimum absolute atomic E-state index is 0.0256. The molecule has 0 fully saturated rings. The molecular formula is C25H21FN2O4. The van der Waals surface area contributed by atoms with E-state index < -0.39 is 11.9 Å². The number of carbonyl (C=O) groups is 1. The summed E-state index contributed by atoms with van der Waals surface area (Å²) in [6.45, 7) is 2.01. The quantitative estimate of drug-likeness (QED) is 0.413. The maximum Gasteiger partial charge on any atom is 0.417 e. The summed E-state index contributed by atoms with van der Waals surface area (Å²) in [6.07, 6.45) is 1.36. The monoisotopic (exact) mass is 432 g/mol. The highest BCUT2D eigenvalue weighted by Gasteiger charge is 2.12. The van der Waals surface area contributed by atoms with E-state index in [4.69, 9.17) is 9.47 Å². The summed E-state index contributed by atoms with van der Waals surface area (Å²) in [6, 6.07) is 18.2. The minimum atomic E-state index is -0.793. The Kier molecular flexibility index (Phi) is 6.28. The third kappa shape index (κ3) is 4.84. The van der Waals surface area contributed by atoms with Crippen molar-refractivity contribution >= 4 is 22.7 Å². The molecule has 0 aliphatic carbocycles. The number of aliphatic hydroxyl groups is 1. The lowest BCUT2D eigenvalue weighted by Gasteiger charge is -2.13. The second-order valence-corrected chi connectivity index (χ2v) is 7.15. The van der Waals surface area contributed by atoms with E-state index in [1.807, 2.05) is 19.1 Å². The zero-order chi connectivity index (χ0) is 22.5. The Balaban J connectivity index is 1.52. The summed E-state index contributed by atoms with van der Waals surface area (Å²) in [7, 11) is 0. The van der Waals surface area contributed by atoms with Crippen molar-refractivity contribution in [2.45, 2.75) is 13.3 Å². The molecule has 7 heteroatoms. The maximum absolute atomic E-state index is 14.6. The highest BCUT2D eigenvalue weighted by molar-refractivity contribution is 5.87. The number of fused-ring (bicyclic) bond motifs is 1. The van der Waals surface area contributed by atoms with E-state index >= 15 is 0 Å². The Morgan fingerprint density at radius 2 is 1.88 bits per heavy atom. The molecule has 0 aliphatic heterocycles. The number of hydrogen-bond donors (Lipinski definition) is 2. The summed E-state index contributed by atoms with van der Waals surface area (Å²) in [5.74, 6) is 0.492. The molecule has 32 heavy (non-hydrogen) atoms. The Bertz CT molecular complexity index is 1260. The summed E-state index contributed by atoms with van der Waals surface area (Å²) in [4.78, 5) is 16.4. The molecule has 4 aromatic rings. The zero-order valence-corrected chi connectivity index (χ0v) is 17.3. The van der Waals surface area contributed by atoms with Gasteiger partial charge in [0.05, 0.1) is 11.2 Å². The van der Waals surface area contributed by atoms with Crippen LogP contribution in [0.1, 0.15) is 11.1 Å². The van der Waals surface area contributed by atoms with Crippen molar-refractivity contribution in [2.24, 2.45) is 0 Å². The average molecular weight is 432 g/mol. The molecule has 1 amide bonds. The molecule has 162 valence electrons. The van der Waals surface area contributed by atoms with Gasteiger partial charge in [0.2, 0.25) is 0 Å². The van der Waals surface area contributed by atoms with Crippen molar-refractivity contribution in [3.05, 3.63) is 89.9 Å². The molecule has 2 N–H and O–H groups in total. The van der Waals surface area contributed by atoms with Gasteiger partial charge in [0.15, 0.2) is 5.82 Å². The number of amides is 1. The fraction of sp³-hybridized carbons (Fsp3) is 0.120. The molecule has 3 aromatic carbocycles. The number of rotatable bonds is 6. The SMILES string of the molecule is Cc1cc2c(Oc3ccc(NC(=O)Oc4ccccc4)c(F)c3)ccnc2cc1CCO. The number of aromatic nitrogens is 1. The fourth-order valence-corrected chi connectivity index (χ4v) is 3.32. The van der Waals surface area contributed by atoms with Gasteiger partial charge in [0, 0.05) is 24.3 Å². The Morgan fingerprint density at radius 1 is 1.06 bits per heavy atom. The van der Waals surface area contributed by atoms with Crippen molar-refractivity contribution in [2.75, 3.05) is 11.9 Å². The number of pyridine rings is 1. The lowest BCUT2D eigenvalue weighted by Crippen LogP contribution is -2.17. The van der Waals surface area contributed by atoms with Crippen molar-refractivity contribution in [3.63, 3.8) is 0 Å². The van der Waals surface area contributed by atoms with Crippen LogP contribution in [-0.4, -0.2) is 22.8 Å². The first kappa shape index (κ1) is 21.3. The number of ether oxygens (including phenoxy) is 2. The molecule has 0 spiro atoms. The van der Waals surface area contributed by atoms with Gasteiger partial charge in [-0.15, -0.1) is 0 Å². The van der Waals surface area contributed by atoms with Crippen LogP contribution in [0.4, 0.5) is 14.9 Å². The fourth-order valence-electron chi connectivity index (χ4n) is 3.32. The highest BCUT2D eigenvalue weighted by Crippen LogP contribution is 2.32. The number of nitrogens with zero attached hydrogens (tertiary/aromatic N) is 1. The Hall–Kier alpha value is -3.97. The van der Waals surface area contributed by atoms with Crippen LogP contribution in [0.25, 0.3) is 10.9 Å². The summed E-state index contributed by atoms with van der Waals surface area (Å²) in [5, 5.41) is 12.4. The molecule has 4 rings (SSSR count). The normalized spacial score (nSPS) is 10.7. The van der Waals surface area contributed by atoms with Gasteiger partial charge in [-0.2, -0.15) is 0 Å². The van der Waals surface area contributed by atoms with Crippen LogP contribution in [0.15, 0.2) is 72.9 Å². The molecule has 6 nitrogen and oxygen atoms in total. The van der Waals surface area contributed by atoms with Gasteiger partial charge in [0.25, 0.3) is 0 Å². The number of halogens is 1. The van der Waals surface area contributed by atoms with Crippen molar-refractivity contribution in [3.8, 4) is 17.2 Å². The largest absolute Gasteiger partial charge is 0.456 e. The first-order chi connectivity index (χ1) is 15.5. The lowest BCUT2D eigenvalue weighted by molar-refractivity contribution is 0.215. The predicted molar refractivity (Wildman–Crippen MR) is 120 cm³/mol. The van der Waals surface area contributed by atoms with Gasteiger partial charge in [-0.25, -0.2) is 9.18 Å². The Labute approximate surface area is 184 Å². The first-order valence-electron chi connectivity index (χ1n) is 10.0. The van der Waals surface area contributed by atoms with E-state index in [2.05, 4.69) is 10.3 Å². The van der Waals surface area contributed by atoms with E-state index in [9.17, 15) is 14.3 Å². The molecule has 0 radical (unpaired) electrons. The van der Waals surface area contributed by atoms with Crippen LogP contribution in [0.3, 0.4) is 0 Å². The molecule has 1 heterocycles. The van der Waals surface area contributed by atoms with Gasteiger partial charge in [-0.1, -0.05) is 18.2 Å². The smallest absolute Gasteiger partial charge is 0.417 e. The number of aliphatic hydroxyl groups excluding tert-OH is 1. The second-order valence-electron chi connectivity index (χ2n) is 7.15. The van der Waals surface area contributed by atoms with Crippen LogP contribution in [-0.2, 0) is 6.42 Å². The van der Waals surface area contributed by atoms with Crippen molar-refractivity contribution in [1.82, 2.24) is 4.98 Å². The third-order valence-electron chi connectivity index (χ3n) is 4.90. The van der Waals surface area contributed by atoms with E-state index in [-0.39, 0.29) is 18.0 Å². The van der Waals surface area contributed by atoms with E-state index in [0.29, 0.717) is 17.9 Å². The maximum atomic E-state index is 14.6. The van der Waals surface area contributed by atoms with Gasteiger partial charge in [-0.3, -0.25) is 10.3 Å². The molecule has 0 unspecified atom stereocenters. The van der Waals surface area contributed by atoms with E-state index in [1.165, 1.54) is 12.1 Å². The number of benzene rings is 3. The van der Waals surface area contributed by atoms with Gasteiger partial charge < -0.3 is 14.6 Å². The van der Waals surface area contributed by atoms with Crippen molar-refractivity contribution < 1.29 is 23.8 Å². The summed E-state index contributed by atoms with van der Waals surface area (Å²) >= 11 is 0. The van der Waals surface area contributed by atoms with Crippen molar-refractivity contribution in [1.29, 1.82) is 0 Å². The van der Waals surface area contributed by atoms with Gasteiger partial charge in [-0.05, 0) is 66.9 Å². The topological polar surface area (TPSA) is 80.7 Å². The molecule has 0 bridgehead atoms. The van der Waals surface area contributed by atoms with Crippen LogP contribution in [0.5, 0.6) is 17.2 Å². The summed E-state index contributed by atoms with van der Waals surface area (Å²) < 4.78 is 25.6. The van der Waals surface area contributed by atoms with E-state index in [0.717, 1.165) is 22.0 Å². The van der Waals surface area contributed by atoms with Crippen LogP contribution in [0.2, 0.25) is 0 Å². The zero-order valence-electron chi connectivity index (χ0n) is 17.3. The lowest BCUT2D eigenvalue weighted by atomic mass is 10.0. The number of hydrogen-bond acceptors (Lipinski definition) is 5. The Morgan fingerprint density at radius 3 is 2.62 bits per heavy atom. The molecule has 0 atom stereocenters. The van der Waals surface area contributed by atoms with Gasteiger partial charge in [0.1, 0.15) is 17.2 Å². The minimum Gasteiger partial charge on any atom is -0.456 e. The number of nitrogens with one attached hydrogen (secondary N) is 1. The third-order valence-corrected chi connectivity index (χ3v) is 4.90. The van der Waals surface area contributed by atoms with Crippen LogP contribution in [0, 0.1) is 12.7 Å². The average Bonchev–Trinajstić information content (AvgIpc) is 2.77. The standard InChI is InChI=1S/C25H21FN2O4/c1-16-13-20-23(14-17(16)10-12-29)27-11-9-24(20)31-19-7-8-22(21(26)15-19)28-25(30)32-18-5-3-2-4-6-18/h2-9,11,13-15,29H,10,12H2,1H3,(H,28,30). The molecule has 0 aliphatic rings. The van der Waals surface area contributed by atoms with Gasteiger partial charge >= 0.3 is 6.09 Å². The number of aryl methyl sites for hydroxylation is 1. The summed E-state index contributed by atoms with van der Waals surface area (Å²) in [5.41, 5.74) is 2.71. The second kappa shape index (κ2) is 9.45. The van der Waals surface area contributed by atoms with E-state index in [1.54, 1.807) is 48.7 Å². The van der Waals surface area contributed by atoms with Crippen LogP contribution >= 0.6 is 0 Å². The molecule has 1 aromatic heterocycles. The number of anilines is 1. The first-order valence-corrected chi connectivity index (χ1v) is 10.0. The molecule has 0 saturated carbocycles. The predicted octanol–water partition coefficient (Wildman–Crippen LogP) is 5.62. The molecule has 0 saturated heterocycles. The number of para-hydroxylation sites is 1. The van der Waals surface area contributed by atoms with Crippen LogP contribution < -0.4 is 14.8 Å².